The number of hydrogen-bond acceptors (Lipinski definition) is 4. The topological polar surface area (TPSA) is 82.3 Å². The zero-order chi connectivity index (χ0) is 18.1. The first-order chi connectivity index (χ1) is 12.6. The molecule has 3 atom stereocenters. The minimum atomic E-state index is -0.421. The van der Waals surface area contributed by atoms with Crippen molar-refractivity contribution in [2.45, 2.75) is 38.1 Å². The fourth-order valence-electron chi connectivity index (χ4n) is 4.29. The standard InChI is InChI=1S/C19H25FN4O2/c20-15-6-5-11(8-17(15)22-18(25)12-9-21-10-12)7-16-13-3-1-2-4-14(13)19(26)24-23-16/h5-6,8,12-14,16,21,23H,1-4,7,9-10H2,(H,22,25)(H,24,26). The van der Waals surface area contributed by atoms with E-state index in [0.29, 0.717) is 25.4 Å². The normalized spacial score (nSPS) is 28.7. The predicted octanol–water partition coefficient (Wildman–Crippen LogP) is 1.34. The smallest absolute Gasteiger partial charge is 0.237 e. The van der Waals surface area contributed by atoms with Gasteiger partial charge in [-0.25, -0.2) is 9.82 Å². The minimum absolute atomic E-state index is 0.0701. The highest BCUT2D eigenvalue weighted by molar-refractivity contribution is 5.93. The number of fused-ring (bicyclic) bond motifs is 1. The molecule has 7 heteroatoms. The third-order valence-electron chi connectivity index (χ3n) is 5.95. The van der Waals surface area contributed by atoms with E-state index in [4.69, 9.17) is 0 Å². The van der Waals surface area contributed by atoms with Gasteiger partial charge in [-0.1, -0.05) is 18.9 Å². The molecule has 2 amide bonds. The molecule has 26 heavy (non-hydrogen) atoms. The molecule has 1 saturated carbocycles. The molecule has 0 bridgehead atoms. The van der Waals surface area contributed by atoms with Crippen molar-refractivity contribution in [3.63, 3.8) is 0 Å². The summed E-state index contributed by atoms with van der Waals surface area (Å²) in [5.74, 6) is -0.184. The maximum atomic E-state index is 14.1. The first-order valence-corrected chi connectivity index (χ1v) is 9.47. The van der Waals surface area contributed by atoms with Crippen molar-refractivity contribution in [2.24, 2.45) is 17.8 Å². The molecule has 4 N–H and O–H groups in total. The minimum Gasteiger partial charge on any atom is -0.323 e. The number of anilines is 1. The van der Waals surface area contributed by atoms with Gasteiger partial charge in [-0.05, 0) is 42.9 Å². The summed E-state index contributed by atoms with van der Waals surface area (Å²) < 4.78 is 14.1. The van der Waals surface area contributed by atoms with E-state index in [1.165, 1.54) is 6.07 Å². The lowest BCUT2D eigenvalue weighted by molar-refractivity contribution is -0.133. The first kappa shape index (κ1) is 17.4. The molecule has 2 aliphatic heterocycles. The summed E-state index contributed by atoms with van der Waals surface area (Å²) >= 11 is 0. The third kappa shape index (κ3) is 3.46. The van der Waals surface area contributed by atoms with Gasteiger partial charge in [0.2, 0.25) is 11.8 Å². The van der Waals surface area contributed by atoms with Crippen LogP contribution in [0.5, 0.6) is 0 Å². The number of carbonyl (C=O) groups excluding carboxylic acids is 2. The second kappa shape index (κ2) is 7.32. The Morgan fingerprint density at radius 3 is 2.81 bits per heavy atom. The second-order valence-electron chi connectivity index (χ2n) is 7.66. The van der Waals surface area contributed by atoms with Crippen LogP contribution < -0.4 is 21.5 Å². The monoisotopic (exact) mass is 360 g/mol. The van der Waals surface area contributed by atoms with Crippen molar-refractivity contribution in [3.05, 3.63) is 29.6 Å². The summed E-state index contributed by atoms with van der Waals surface area (Å²) in [6, 6.07) is 5.01. The molecular formula is C19H25FN4O2. The molecular weight excluding hydrogens is 335 g/mol. The number of rotatable bonds is 4. The zero-order valence-corrected chi connectivity index (χ0v) is 14.7. The van der Waals surface area contributed by atoms with Crippen molar-refractivity contribution in [1.82, 2.24) is 16.2 Å². The van der Waals surface area contributed by atoms with Crippen LogP contribution in [0.4, 0.5) is 10.1 Å². The van der Waals surface area contributed by atoms with Crippen molar-refractivity contribution in [3.8, 4) is 0 Å². The molecule has 0 radical (unpaired) electrons. The number of nitrogens with one attached hydrogen (secondary N) is 4. The predicted molar refractivity (Wildman–Crippen MR) is 95.6 cm³/mol. The van der Waals surface area contributed by atoms with Crippen molar-refractivity contribution >= 4 is 17.5 Å². The van der Waals surface area contributed by atoms with Crippen molar-refractivity contribution in [2.75, 3.05) is 18.4 Å². The van der Waals surface area contributed by atoms with Crippen LogP contribution in [0.3, 0.4) is 0 Å². The maximum Gasteiger partial charge on any atom is 0.237 e. The van der Waals surface area contributed by atoms with Crippen LogP contribution >= 0.6 is 0 Å². The molecule has 1 aliphatic carbocycles. The third-order valence-corrected chi connectivity index (χ3v) is 5.95. The summed E-state index contributed by atoms with van der Waals surface area (Å²) in [5, 5.41) is 5.75. The molecule has 2 heterocycles. The van der Waals surface area contributed by atoms with Gasteiger partial charge < -0.3 is 10.6 Å². The molecule has 3 aliphatic rings. The summed E-state index contributed by atoms with van der Waals surface area (Å²) in [5.41, 5.74) is 7.13. The van der Waals surface area contributed by atoms with Gasteiger partial charge in [0, 0.05) is 25.0 Å². The van der Waals surface area contributed by atoms with Gasteiger partial charge in [0.25, 0.3) is 0 Å². The highest BCUT2D eigenvalue weighted by Crippen LogP contribution is 2.35. The largest absolute Gasteiger partial charge is 0.323 e. The van der Waals surface area contributed by atoms with Gasteiger partial charge in [0.05, 0.1) is 11.6 Å². The van der Waals surface area contributed by atoms with E-state index in [-0.39, 0.29) is 35.4 Å². The zero-order valence-electron chi connectivity index (χ0n) is 14.7. The Balaban J connectivity index is 1.46. The van der Waals surface area contributed by atoms with E-state index in [0.717, 1.165) is 31.2 Å². The molecule has 1 aromatic rings. The number of hydrogen-bond donors (Lipinski definition) is 4. The highest BCUT2D eigenvalue weighted by atomic mass is 19.1. The van der Waals surface area contributed by atoms with Crippen LogP contribution in [0, 0.1) is 23.6 Å². The lowest BCUT2D eigenvalue weighted by Crippen LogP contribution is -2.60. The molecule has 140 valence electrons. The molecule has 1 aromatic carbocycles. The molecule has 3 fully saturated rings. The Bertz CT molecular complexity index is 707. The first-order valence-electron chi connectivity index (χ1n) is 9.47. The van der Waals surface area contributed by atoms with Gasteiger partial charge in [-0.15, -0.1) is 0 Å². The van der Waals surface area contributed by atoms with E-state index in [1.54, 1.807) is 12.1 Å². The number of amides is 2. The Hall–Kier alpha value is -1.99. The van der Waals surface area contributed by atoms with Crippen LogP contribution in [-0.2, 0) is 16.0 Å². The molecule has 4 rings (SSSR count). The van der Waals surface area contributed by atoms with E-state index in [1.807, 2.05) is 0 Å². The van der Waals surface area contributed by atoms with Crippen molar-refractivity contribution < 1.29 is 14.0 Å². The van der Waals surface area contributed by atoms with Gasteiger partial charge in [0.15, 0.2) is 0 Å². The number of benzene rings is 1. The molecule has 6 nitrogen and oxygen atoms in total. The number of carbonyl (C=O) groups is 2. The van der Waals surface area contributed by atoms with E-state index < -0.39 is 5.82 Å². The van der Waals surface area contributed by atoms with Crippen LogP contribution in [-0.4, -0.2) is 30.9 Å². The summed E-state index contributed by atoms with van der Waals surface area (Å²) in [6.07, 6.45) is 4.91. The Kier molecular flexibility index (Phi) is 4.91. The van der Waals surface area contributed by atoms with Crippen LogP contribution in [0.2, 0.25) is 0 Å². The average molecular weight is 360 g/mol. The van der Waals surface area contributed by atoms with E-state index in [9.17, 15) is 14.0 Å². The fraction of sp³-hybridized carbons (Fsp3) is 0.579. The number of halogens is 1. The summed E-state index contributed by atoms with van der Waals surface area (Å²) in [7, 11) is 0. The van der Waals surface area contributed by atoms with Crippen molar-refractivity contribution in [1.29, 1.82) is 0 Å². The van der Waals surface area contributed by atoms with Crippen LogP contribution in [0.15, 0.2) is 18.2 Å². The number of hydrazine groups is 1. The lowest BCUT2D eigenvalue weighted by Gasteiger charge is -2.41. The molecule has 2 saturated heterocycles. The Morgan fingerprint density at radius 1 is 1.23 bits per heavy atom. The highest BCUT2D eigenvalue weighted by Gasteiger charge is 2.39. The maximum absolute atomic E-state index is 14.1. The quantitative estimate of drug-likeness (QED) is 0.653. The fourth-order valence-corrected chi connectivity index (χ4v) is 4.29. The SMILES string of the molecule is O=C(Nc1cc(CC2NNC(=O)C3CCCCC23)ccc1F)C1CNC1. The summed E-state index contributed by atoms with van der Waals surface area (Å²) in [6.45, 7) is 1.28. The van der Waals surface area contributed by atoms with Gasteiger partial charge >= 0.3 is 0 Å². The van der Waals surface area contributed by atoms with Gasteiger partial charge in [-0.2, -0.15) is 0 Å². The average Bonchev–Trinajstić information content (AvgIpc) is 2.59. The van der Waals surface area contributed by atoms with Gasteiger partial charge in [-0.3, -0.25) is 15.0 Å². The second-order valence-corrected chi connectivity index (χ2v) is 7.66. The molecule has 0 aromatic heterocycles. The van der Waals surface area contributed by atoms with Gasteiger partial charge in [0.1, 0.15) is 5.82 Å². The van der Waals surface area contributed by atoms with Crippen LogP contribution in [0.1, 0.15) is 31.2 Å². The van der Waals surface area contributed by atoms with E-state index >= 15 is 0 Å². The van der Waals surface area contributed by atoms with E-state index in [2.05, 4.69) is 21.5 Å². The lowest BCUT2D eigenvalue weighted by atomic mass is 9.72. The summed E-state index contributed by atoms with van der Waals surface area (Å²) in [4.78, 5) is 24.2. The Labute approximate surface area is 152 Å². The Morgan fingerprint density at radius 2 is 2.04 bits per heavy atom. The van der Waals surface area contributed by atoms with Crippen LogP contribution in [0.25, 0.3) is 0 Å². The molecule has 0 spiro atoms. The molecule has 3 unspecified atom stereocenters.